The van der Waals surface area contributed by atoms with E-state index in [1.54, 1.807) is 17.5 Å². The summed E-state index contributed by atoms with van der Waals surface area (Å²) in [6.45, 7) is 2.85. The number of hydrogen-bond acceptors (Lipinski definition) is 4. The van der Waals surface area contributed by atoms with Gasteiger partial charge in [-0.3, -0.25) is 4.79 Å². The van der Waals surface area contributed by atoms with Crippen LogP contribution in [0.2, 0.25) is 0 Å². The number of imidazole rings is 1. The zero-order valence-electron chi connectivity index (χ0n) is 13.4. The van der Waals surface area contributed by atoms with Crippen LogP contribution in [0.4, 0.5) is 0 Å². The highest BCUT2D eigenvalue weighted by atomic mass is 32.1. The van der Waals surface area contributed by atoms with E-state index in [1.165, 1.54) is 5.56 Å². The van der Waals surface area contributed by atoms with Gasteiger partial charge in [-0.15, -0.1) is 11.3 Å². The molecule has 5 nitrogen and oxygen atoms in total. The van der Waals surface area contributed by atoms with E-state index in [0.717, 1.165) is 34.2 Å². The normalized spacial score (nSPS) is 17.2. The SMILES string of the molecule is Cc1ccccc1-c1ncc(-c2nccn2CC2CCC(=O)N2)s1. The number of carbonyl (C=O) groups excluding carboxylic acids is 1. The maximum absolute atomic E-state index is 11.4. The molecule has 0 bridgehead atoms. The Bertz CT molecular complexity index is 883. The first-order chi connectivity index (χ1) is 11.7. The Morgan fingerprint density at radius 1 is 1.33 bits per heavy atom. The van der Waals surface area contributed by atoms with Crippen LogP contribution in [0.3, 0.4) is 0 Å². The molecule has 1 fully saturated rings. The Morgan fingerprint density at radius 2 is 2.21 bits per heavy atom. The third kappa shape index (κ3) is 2.85. The van der Waals surface area contributed by atoms with Gasteiger partial charge in [-0.1, -0.05) is 24.3 Å². The van der Waals surface area contributed by atoms with E-state index >= 15 is 0 Å². The summed E-state index contributed by atoms with van der Waals surface area (Å²) in [6.07, 6.45) is 7.16. The van der Waals surface area contributed by atoms with E-state index in [9.17, 15) is 4.79 Å². The smallest absolute Gasteiger partial charge is 0.220 e. The van der Waals surface area contributed by atoms with Crippen molar-refractivity contribution in [2.24, 2.45) is 0 Å². The monoisotopic (exact) mass is 338 g/mol. The molecule has 0 spiro atoms. The van der Waals surface area contributed by atoms with Crippen molar-refractivity contribution < 1.29 is 4.79 Å². The number of hydrogen-bond donors (Lipinski definition) is 1. The van der Waals surface area contributed by atoms with Crippen molar-refractivity contribution in [2.45, 2.75) is 32.4 Å². The fraction of sp³-hybridized carbons (Fsp3) is 0.278. The molecule has 1 atom stereocenters. The van der Waals surface area contributed by atoms with Crippen LogP contribution in [-0.4, -0.2) is 26.5 Å². The summed E-state index contributed by atoms with van der Waals surface area (Å²) in [5.41, 5.74) is 2.38. The van der Waals surface area contributed by atoms with Crippen LogP contribution in [0.15, 0.2) is 42.9 Å². The van der Waals surface area contributed by atoms with E-state index in [0.29, 0.717) is 6.42 Å². The van der Waals surface area contributed by atoms with Gasteiger partial charge in [-0.05, 0) is 18.9 Å². The number of aryl methyl sites for hydroxylation is 1. The molecule has 1 N–H and O–H groups in total. The van der Waals surface area contributed by atoms with Crippen LogP contribution in [0.25, 0.3) is 21.3 Å². The highest BCUT2D eigenvalue weighted by Gasteiger charge is 2.22. The Kier molecular flexibility index (Phi) is 3.90. The third-order valence-electron chi connectivity index (χ3n) is 4.32. The summed E-state index contributed by atoms with van der Waals surface area (Å²) in [5.74, 6) is 1.05. The predicted molar refractivity (Wildman–Crippen MR) is 94.7 cm³/mol. The van der Waals surface area contributed by atoms with Crippen LogP contribution in [-0.2, 0) is 11.3 Å². The molecule has 24 heavy (non-hydrogen) atoms. The Balaban J connectivity index is 1.60. The topological polar surface area (TPSA) is 59.8 Å². The van der Waals surface area contributed by atoms with Crippen molar-refractivity contribution in [3.05, 3.63) is 48.4 Å². The van der Waals surface area contributed by atoms with E-state index in [4.69, 9.17) is 0 Å². The molecule has 1 unspecified atom stereocenters. The second-order valence-corrected chi connectivity index (χ2v) is 7.08. The molecule has 0 aliphatic carbocycles. The lowest BCUT2D eigenvalue weighted by atomic mass is 10.1. The average Bonchev–Trinajstić information content (AvgIpc) is 3.29. The minimum absolute atomic E-state index is 0.140. The summed E-state index contributed by atoms with van der Waals surface area (Å²) < 4.78 is 2.10. The van der Waals surface area contributed by atoms with E-state index in [1.807, 2.05) is 24.5 Å². The van der Waals surface area contributed by atoms with Crippen LogP contribution in [0.1, 0.15) is 18.4 Å². The Morgan fingerprint density at radius 3 is 3.00 bits per heavy atom. The number of rotatable bonds is 4. The van der Waals surface area contributed by atoms with Crippen molar-refractivity contribution in [3.63, 3.8) is 0 Å². The molecule has 1 saturated heterocycles. The molecule has 3 heterocycles. The number of amides is 1. The highest BCUT2D eigenvalue weighted by molar-refractivity contribution is 7.18. The molecule has 4 rings (SSSR count). The first-order valence-electron chi connectivity index (χ1n) is 8.03. The largest absolute Gasteiger partial charge is 0.352 e. The standard InChI is InChI=1S/C18H18N4OS/c1-12-4-2-3-5-14(12)18-20-10-15(24-18)17-19-8-9-22(17)11-13-6-7-16(23)21-13/h2-5,8-10,13H,6-7,11H2,1H3,(H,21,23). The lowest BCUT2D eigenvalue weighted by Crippen LogP contribution is -2.29. The van der Waals surface area contributed by atoms with Gasteiger partial charge in [0.15, 0.2) is 5.82 Å². The fourth-order valence-electron chi connectivity index (χ4n) is 3.05. The van der Waals surface area contributed by atoms with Gasteiger partial charge in [-0.2, -0.15) is 0 Å². The van der Waals surface area contributed by atoms with Gasteiger partial charge in [0.2, 0.25) is 5.91 Å². The van der Waals surface area contributed by atoms with Crippen molar-refractivity contribution in [1.82, 2.24) is 19.9 Å². The summed E-state index contributed by atoms with van der Waals surface area (Å²) >= 11 is 1.65. The Hall–Kier alpha value is -2.47. The molecule has 6 heteroatoms. The van der Waals surface area contributed by atoms with Gasteiger partial charge in [0, 0.05) is 43.2 Å². The molecule has 122 valence electrons. The molecule has 0 saturated carbocycles. The summed E-state index contributed by atoms with van der Waals surface area (Å²) in [4.78, 5) is 21.5. The van der Waals surface area contributed by atoms with Gasteiger partial charge in [0.25, 0.3) is 0 Å². The average molecular weight is 338 g/mol. The molecule has 1 aromatic carbocycles. The second-order valence-electron chi connectivity index (χ2n) is 6.05. The van der Waals surface area contributed by atoms with Crippen molar-refractivity contribution in [2.75, 3.05) is 0 Å². The van der Waals surface area contributed by atoms with E-state index in [-0.39, 0.29) is 11.9 Å². The van der Waals surface area contributed by atoms with Crippen LogP contribution in [0.5, 0.6) is 0 Å². The molecule has 2 aromatic heterocycles. The lowest BCUT2D eigenvalue weighted by Gasteiger charge is -2.12. The van der Waals surface area contributed by atoms with Gasteiger partial charge in [0.1, 0.15) is 5.01 Å². The summed E-state index contributed by atoms with van der Waals surface area (Å²) in [5, 5.41) is 4.02. The highest BCUT2D eigenvalue weighted by Crippen LogP contribution is 2.32. The lowest BCUT2D eigenvalue weighted by molar-refractivity contribution is -0.119. The summed E-state index contributed by atoms with van der Waals surface area (Å²) in [6, 6.07) is 8.45. The van der Waals surface area contributed by atoms with Crippen molar-refractivity contribution in [3.8, 4) is 21.3 Å². The van der Waals surface area contributed by atoms with Crippen molar-refractivity contribution >= 4 is 17.2 Å². The number of nitrogens with one attached hydrogen (secondary N) is 1. The van der Waals surface area contributed by atoms with Gasteiger partial charge >= 0.3 is 0 Å². The van der Waals surface area contributed by atoms with Gasteiger partial charge < -0.3 is 9.88 Å². The number of thiazole rings is 1. The maximum Gasteiger partial charge on any atom is 0.220 e. The third-order valence-corrected chi connectivity index (χ3v) is 5.35. The number of carbonyl (C=O) groups is 1. The van der Waals surface area contributed by atoms with E-state index < -0.39 is 0 Å². The number of nitrogens with zero attached hydrogens (tertiary/aromatic N) is 3. The summed E-state index contributed by atoms with van der Waals surface area (Å²) in [7, 11) is 0. The fourth-order valence-corrected chi connectivity index (χ4v) is 4.07. The first-order valence-corrected chi connectivity index (χ1v) is 8.85. The first kappa shape index (κ1) is 15.1. The van der Waals surface area contributed by atoms with Crippen LogP contribution >= 0.6 is 11.3 Å². The zero-order chi connectivity index (χ0) is 16.5. The zero-order valence-corrected chi connectivity index (χ0v) is 14.2. The molecule has 0 radical (unpaired) electrons. The molecular formula is C18H18N4OS. The molecular weight excluding hydrogens is 320 g/mol. The van der Waals surface area contributed by atoms with Gasteiger partial charge in [-0.25, -0.2) is 9.97 Å². The molecule has 1 amide bonds. The maximum atomic E-state index is 11.4. The second kappa shape index (κ2) is 6.20. The number of benzene rings is 1. The van der Waals surface area contributed by atoms with Crippen molar-refractivity contribution in [1.29, 1.82) is 0 Å². The molecule has 1 aliphatic heterocycles. The van der Waals surface area contributed by atoms with Crippen LogP contribution < -0.4 is 5.32 Å². The minimum Gasteiger partial charge on any atom is -0.352 e. The Labute approximate surface area is 144 Å². The molecule has 1 aliphatic rings. The molecule has 3 aromatic rings. The van der Waals surface area contributed by atoms with Crippen LogP contribution in [0, 0.1) is 6.92 Å². The van der Waals surface area contributed by atoms with Gasteiger partial charge in [0.05, 0.1) is 4.88 Å². The minimum atomic E-state index is 0.140. The quantitative estimate of drug-likeness (QED) is 0.794. The predicted octanol–water partition coefficient (Wildman–Crippen LogP) is 3.26. The number of aromatic nitrogens is 3. The van der Waals surface area contributed by atoms with E-state index in [2.05, 4.69) is 38.9 Å².